The zero-order chi connectivity index (χ0) is 14.0. The van der Waals surface area contributed by atoms with Crippen molar-refractivity contribution in [2.24, 2.45) is 18.9 Å². The quantitative estimate of drug-likeness (QED) is 0.876. The lowest BCUT2D eigenvalue weighted by Gasteiger charge is -2.22. The first-order chi connectivity index (χ1) is 8.99. The lowest BCUT2D eigenvalue weighted by molar-refractivity contribution is -0.148. The maximum Gasteiger partial charge on any atom is 0.307 e. The van der Waals surface area contributed by atoms with Crippen molar-refractivity contribution in [1.29, 1.82) is 0 Å². The molecule has 104 valence electrons. The number of rotatable bonds is 4. The molecule has 2 rings (SSSR count). The van der Waals surface area contributed by atoms with Crippen LogP contribution in [0.2, 0.25) is 0 Å². The average Bonchev–Trinajstić information content (AvgIpc) is 2.97. The number of carboxylic acids is 1. The Bertz CT molecular complexity index is 483. The molecular weight excluding hydrogens is 246 g/mol. The molecule has 1 aliphatic carbocycles. The van der Waals surface area contributed by atoms with Gasteiger partial charge in [-0.1, -0.05) is 6.42 Å². The molecule has 1 saturated carbocycles. The van der Waals surface area contributed by atoms with Crippen LogP contribution in [0.5, 0.6) is 0 Å². The minimum Gasteiger partial charge on any atom is -0.481 e. The van der Waals surface area contributed by atoms with E-state index in [1.807, 2.05) is 13.2 Å². The number of carbonyl (C=O) groups is 2. The fourth-order valence-corrected chi connectivity index (χ4v) is 2.74. The highest BCUT2D eigenvalue weighted by atomic mass is 16.4. The Morgan fingerprint density at radius 3 is 2.74 bits per heavy atom. The van der Waals surface area contributed by atoms with E-state index < -0.39 is 11.9 Å². The number of aryl methyl sites for hydroxylation is 1. The Morgan fingerprint density at radius 2 is 2.16 bits per heavy atom. The van der Waals surface area contributed by atoms with Crippen LogP contribution in [0, 0.1) is 11.8 Å². The van der Waals surface area contributed by atoms with Gasteiger partial charge in [-0.15, -0.1) is 0 Å². The highest BCUT2D eigenvalue weighted by Gasteiger charge is 2.38. The summed E-state index contributed by atoms with van der Waals surface area (Å²) in [4.78, 5) is 25.0. The van der Waals surface area contributed by atoms with E-state index >= 15 is 0 Å². The molecule has 1 heterocycles. The monoisotopic (exact) mass is 265 g/mol. The van der Waals surface area contributed by atoms with E-state index in [9.17, 15) is 9.59 Å². The van der Waals surface area contributed by atoms with Gasteiger partial charge in [0.25, 0.3) is 0 Å². The van der Waals surface area contributed by atoms with Crippen molar-refractivity contribution in [1.82, 2.24) is 14.7 Å². The summed E-state index contributed by atoms with van der Waals surface area (Å²) in [6.45, 7) is 0.468. The first kappa shape index (κ1) is 13.6. The van der Waals surface area contributed by atoms with Crippen molar-refractivity contribution in [2.75, 3.05) is 7.05 Å². The maximum absolute atomic E-state index is 12.3. The van der Waals surface area contributed by atoms with Gasteiger partial charge in [-0.25, -0.2) is 0 Å². The second kappa shape index (κ2) is 5.42. The Labute approximate surface area is 112 Å². The standard InChI is InChI=1S/C13H19N3O3/c1-15(7-9-6-14-16(2)8-9)12(17)10-4-3-5-11(10)13(18)19/h6,8,10-11H,3-5,7H2,1-2H3,(H,18,19)/t10-,11+/m1/s1. The van der Waals surface area contributed by atoms with E-state index in [1.165, 1.54) is 0 Å². The molecule has 19 heavy (non-hydrogen) atoms. The normalized spacial score (nSPS) is 22.4. The summed E-state index contributed by atoms with van der Waals surface area (Å²) in [5.74, 6) is -1.83. The van der Waals surface area contributed by atoms with E-state index in [2.05, 4.69) is 5.10 Å². The SMILES string of the molecule is CN(Cc1cnn(C)c1)C(=O)[C@@H]1CCC[C@@H]1C(=O)O. The van der Waals surface area contributed by atoms with Crippen molar-refractivity contribution in [2.45, 2.75) is 25.8 Å². The minimum absolute atomic E-state index is 0.0752. The van der Waals surface area contributed by atoms with Gasteiger partial charge in [0.15, 0.2) is 0 Å². The number of carbonyl (C=O) groups excluding carboxylic acids is 1. The van der Waals surface area contributed by atoms with Gasteiger partial charge < -0.3 is 10.0 Å². The summed E-state index contributed by atoms with van der Waals surface area (Å²) < 4.78 is 1.68. The summed E-state index contributed by atoms with van der Waals surface area (Å²) >= 11 is 0. The zero-order valence-corrected chi connectivity index (χ0v) is 11.2. The smallest absolute Gasteiger partial charge is 0.307 e. The topological polar surface area (TPSA) is 75.4 Å². The van der Waals surface area contributed by atoms with Crippen molar-refractivity contribution in [3.05, 3.63) is 18.0 Å². The Hall–Kier alpha value is -1.85. The predicted octanol–water partition coefficient (Wildman–Crippen LogP) is 0.879. The lowest BCUT2D eigenvalue weighted by Crippen LogP contribution is -2.36. The minimum atomic E-state index is -0.856. The molecular formula is C13H19N3O3. The molecule has 0 radical (unpaired) electrons. The Kier molecular flexibility index (Phi) is 3.87. The largest absolute Gasteiger partial charge is 0.481 e. The molecule has 6 heteroatoms. The van der Waals surface area contributed by atoms with E-state index in [-0.39, 0.29) is 11.8 Å². The number of aliphatic carboxylic acids is 1. The maximum atomic E-state index is 12.3. The van der Waals surface area contributed by atoms with E-state index in [0.717, 1.165) is 12.0 Å². The molecule has 0 bridgehead atoms. The highest BCUT2D eigenvalue weighted by Crippen LogP contribution is 2.33. The van der Waals surface area contributed by atoms with Crippen molar-refractivity contribution >= 4 is 11.9 Å². The summed E-state index contributed by atoms with van der Waals surface area (Å²) in [5, 5.41) is 13.2. The first-order valence-corrected chi connectivity index (χ1v) is 6.44. The van der Waals surface area contributed by atoms with Gasteiger partial charge >= 0.3 is 5.97 Å². The van der Waals surface area contributed by atoms with Gasteiger partial charge in [-0.3, -0.25) is 14.3 Å². The third kappa shape index (κ3) is 2.94. The van der Waals surface area contributed by atoms with Gasteiger partial charge in [0.1, 0.15) is 0 Å². The molecule has 0 unspecified atom stereocenters. The van der Waals surface area contributed by atoms with Crippen LogP contribution in [0.4, 0.5) is 0 Å². The van der Waals surface area contributed by atoms with Crippen LogP contribution in [0.15, 0.2) is 12.4 Å². The number of aromatic nitrogens is 2. The first-order valence-electron chi connectivity index (χ1n) is 6.44. The Morgan fingerprint density at radius 1 is 1.47 bits per heavy atom. The van der Waals surface area contributed by atoms with E-state index in [4.69, 9.17) is 5.11 Å². The zero-order valence-electron chi connectivity index (χ0n) is 11.2. The number of carboxylic acid groups (broad SMARTS) is 1. The third-order valence-electron chi connectivity index (χ3n) is 3.70. The molecule has 1 aliphatic rings. The molecule has 1 aromatic rings. The molecule has 6 nitrogen and oxygen atoms in total. The second-order valence-corrected chi connectivity index (χ2v) is 5.20. The molecule has 0 aliphatic heterocycles. The molecule has 1 amide bonds. The summed E-state index contributed by atoms with van der Waals surface area (Å²) in [5.41, 5.74) is 0.947. The van der Waals surface area contributed by atoms with Crippen LogP contribution < -0.4 is 0 Å². The van der Waals surface area contributed by atoms with Crippen molar-refractivity contribution in [3.8, 4) is 0 Å². The molecule has 1 N–H and O–H groups in total. The number of nitrogens with zero attached hydrogens (tertiary/aromatic N) is 3. The predicted molar refractivity (Wildman–Crippen MR) is 68.1 cm³/mol. The number of hydrogen-bond acceptors (Lipinski definition) is 3. The van der Waals surface area contributed by atoms with Crippen LogP contribution in [0.3, 0.4) is 0 Å². The van der Waals surface area contributed by atoms with Crippen molar-refractivity contribution < 1.29 is 14.7 Å². The van der Waals surface area contributed by atoms with E-state index in [0.29, 0.717) is 19.4 Å². The number of hydrogen-bond donors (Lipinski definition) is 1. The van der Waals surface area contributed by atoms with Crippen molar-refractivity contribution in [3.63, 3.8) is 0 Å². The second-order valence-electron chi connectivity index (χ2n) is 5.20. The molecule has 1 aromatic heterocycles. The fourth-order valence-electron chi connectivity index (χ4n) is 2.74. The summed E-state index contributed by atoms with van der Waals surface area (Å²) in [6, 6.07) is 0. The average molecular weight is 265 g/mol. The fraction of sp³-hybridized carbons (Fsp3) is 0.615. The molecule has 1 fully saturated rings. The van der Waals surface area contributed by atoms with Gasteiger partial charge in [0.2, 0.25) is 5.91 Å². The molecule has 2 atom stereocenters. The third-order valence-corrected chi connectivity index (χ3v) is 3.70. The molecule has 0 aromatic carbocycles. The van der Waals surface area contributed by atoms with Crippen LogP contribution in [-0.2, 0) is 23.2 Å². The lowest BCUT2D eigenvalue weighted by atomic mass is 9.95. The van der Waals surface area contributed by atoms with Gasteiger partial charge in [0, 0.05) is 32.4 Å². The highest BCUT2D eigenvalue weighted by molar-refractivity contribution is 5.85. The van der Waals surface area contributed by atoms with Gasteiger partial charge in [-0.2, -0.15) is 5.10 Å². The van der Waals surface area contributed by atoms with E-state index in [1.54, 1.807) is 22.8 Å². The van der Waals surface area contributed by atoms with Crippen LogP contribution in [0.25, 0.3) is 0 Å². The van der Waals surface area contributed by atoms with Crippen LogP contribution in [0.1, 0.15) is 24.8 Å². The molecule has 0 saturated heterocycles. The van der Waals surface area contributed by atoms with Gasteiger partial charge in [0.05, 0.1) is 18.0 Å². The Balaban J connectivity index is 2.00. The van der Waals surface area contributed by atoms with Crippen LogP contribution in [-0.4, -0.2) is 38.7 Å². The van der Waals surface area contributed by atoms with Gasteiger partial charge in [-0.05, 0) is 12.8 Å². The summed E-state index contributed by atoms with van der Waals surface area (Å²) in [7, 11) is 3.54. The molecule has 0 spiro atoms. The number of amides is 1. The summed E-state index contributed by atoms with van der Waals surface area (Å²) in [6.07, 6.45) is 5.66. The van der Waals surface area contributed by atoms with Crippen LogP contribution >= 0.6 is 0 Å².